The predicted octanol–water partition coefficient (Wildman–Crippen LogP) is 4.44. The van der Waals surface area contributed by atoms with Gasteiger partial charge in [0, 0.05) is 13.0 Å². The Morgan fingerprint density at radius 2 is 1.61 bits per heavy atom. The monoisotopic (exact) mass is 320 g/mol. The molecule has 23 heavy (non-hydrogen) atoms. The Labute approximate surface area is 139 Å². The van der Waals surface area contributed by atoms with Crippen LogP contribution in [0, 0.1) is 0 Å². The molecule has 0 aliphatic rings. The van der Waals surface area contributed by atoms with E-state index in [1.807, 2.05) is 30.3 Å². The maximum atomic E-state index is 10.9. The number of methoxy groups -OCH3 is 1. The van der Waals surface area contributed by atoms with E-state index in [9.17, 15) is 9.59 Å². The fourth-order valence-electron chi connectivity index (χ4n) is 1.90. The van der Waals surface area contributed by atoms with Crippen LogP contribution in [0.4, 0.5) is 0 Å². The largest absolute Gasteiger partial charge is 0.466 e. The number of allylic oxidation sites excluding steroid dienone is 1. The summed E-state index contributed by atoms with van der Waals surface area (Å²) in [5.74, 6) is -0.472. The summed E-state index contributed by atoms with van der Waals surface area (Å²) in [4.78, 5) is 21.3. The van der Waals surface area contributed by atoms with Crippen LogP contribution in [0.3, 0.4) is 0 Å². The molecular formula is C19H28O4. The molecule has 128 valence electrons. The van der Waals surface area contributed by atoms with Crippen LogP contribution in [-0.4, -0.2) is 19.0 Å². The average molecular weight is 320 g/mol. The van der Waals surface area contributed by atoms with Crippen molar-refractivity contribution in [1.29, 1.82) is 0 Å². The Morgan fingerprint density at radius 3 is 2.04 bits per heavy atom. The number of benzene rings is 1. The van der Waals surface area contributed by atoms with Crippen molar-refractivity contribution < 1.29 is 19.1 Å². The molecule has 0 radical (unpaired) electrons. The van der Waals surface area contributed by atoms with Crippen LogP contribution < -0.4 is 0 Å². The molecule has 1 aromatic rings. The Morgan fingerprint density at radius 1 is 1.04 bits per heavy atom. The van der Waals surface area contributed by atoms with E-state index in [0.29, 0.717) is 6.61 Å². The van der Waals surface area contributed by atoms with Crippen molar-refractivity contribution in [3.63, 3.8) is 0 Å². The smallest absolute Gasteiger partial charge is 0.330 e. The second kappa shape index (κ2) is 13.6. The zero-order valence-electron chi connectivity index (χ0n) is 14.6. The zero-order valence-corrected chi connectivity index (χ0v) is 14.6. The van der Waals surface area contributed by atoms with Gasteiger partial charge < -0.3 is 9.47 Å². The van der Waals surface area contributed by atoms with Crippen LogP contribution in [0.15, 0.2) is 42.0 Å². The molecule has 0 unspecified atom stereocenters. The van der Waals surface area contributed by atoms with Gasteiger partial charge in [-0.1, -0.05) is 62.6 Å². The lowest BCUT2D eigenvalue weighted by atomic mass is 10.1. The van der Waals surface area contributed by atoms with Gasteiger partial charge in [0.05, 0.1) is 7.11 Å². The van der Waals surface area contributed by atoms with E-state index >= 15 is 0 Å². The molecule has 0 bridgehead atoms. The molecule has 0 saturated carbocycles. The van der Waals surface area contributed by atoms with E-state index in [1.54, 1.807) is 6.08 Å². The number of ether oxygens (including phenoxy) is 2. The number of carbonyl (C=O) groups excluding carboxylic acids is 2. The van der Waals surface area contributed by atoms with E-state index in [0.717, 1.165) is 31.2 Å². The lowest BCUT2D eigenvalue weighted by Gasteiger charge is -2.02. The number of rotatable bonds is 7. The van der Waals surface area contributed by atoms with Gasteiger partial charge in [0.2, 0.25) is 0 Å². The second-order valence-electron chi connectivity index (χ2n) is 5.09. The van der Waals surface area contributed by atoms with Crippen molar-refractivity contribution in [2.75, 3.05) is 7.11 Å². The van der Waals surface area contributed by atoms with Crippen molar-refractivity contribution in [2.45, 2.75) is 53.1 Å². The average Bonchev–Trinajstić information content (AvgIpc) is 2.55. The number of hydrogen-bond donors (Lipinski definition) is 0. The van der Waals surface area contributed by atoms with Crippen LogP contribution in [-0.2, 0) is 25.7 Å². The SMILES string of the molecule is CC(=O)OCc1ccccc1.CCCC(=CC(=O)OC)CCC. The highest BCUT2D eigenvalue weighted by Gasteiger charge is 1.99. The quantitative estimate of drug-likeness (QED) is 0.550. The number of hydrogen-bond acceptors (Lipinski definition) is 4. The molecule has 1 aromatic carbocycles. The van der Waals surface area contributed by atoms with Crippen LogP contribution in [0.2, 0.25) is 0 Å². The third-order valence-corrected chi connectivity index (χ3v) is 2.95. The predicted molar refractivity (Wildman–Crippen MR) is 91.8 cm³/mol. The van der Waals surface area contributed by atoms with Gasteiger partial charge in [-0.05, 0) is 18.4 Å². The summed E-state index contributed by atoms with van der Waals surface area (Å²) in [7, 11) is 1.41. The van der Waals surface area contributed by atoms with Gasteiger partial charge in [0.1, 0.15) is 6.61 Å². The Balaban J connectivity index is 0.000000422. The lowest BCUT2D eigenvalue weighted by molar-refractivity contribution is -0.142. The number of esters is 2. The first-order chi connectivity index (χ1) is 11.0. The summed E-state index contributed by atoms with van der Waals surface area (Å²) in [6, 6.07) is 9.60. The maximum absolute atomic E-state index is 10.9. The first-order valence-corrected chi connectivity index (χ1v) is 7.98. The molecule has 4 heteroatoms. The van der Waals surface area contributed by atoms with E-state index in [4.69, 9.17) is 4.74 Å². The van der Waals surface area contributed by atoms with Gasteiger partial charge in [-0.15, -0.1) is 0 Å². The molecular weight excluding hydrogens is 292 g/mol. The van der Waals surface area contributed by atoms with Crippen molar-refractivity contribution >= 4 is 11.9 Å². The highest BCUT2D eigenvalue weighted by molar-refractivity contribution is 5.82. The lowest BCUT2D eigenvalue weighted by Crippen LogP contribution is -1.97. The first-order valence-electron chi connectivity index (χ1n) is 7.98. The summed E-state index contributed by atoms with van der Waals surface area (Å²) >= 11 is 0. The first kappa shape index (κ1) is 20.9. The Kier molecular flexibility index (Phi) is 12.3. The van der Waals surface area contributed by atoms with Crippen molar-refractivity contribution in [1.82, 2.24) is 0 Å². The van der Waals surface area contributed by atoms with Gasteiger partial charge in [0.15, 0.2) is 0 Å². The minimum Gasteiger partial charge on any atom is -0.466 e. The summed E-state index contributed by atoms with van der Waals surface area (Å²) in [6.07, 6.45) is 5.80. The highest BCUT2D eigenvalue weighted by atomic mass is 16.5. The molecule has 0 spiro atoms. The normalized spacial score (nSPS) is 9.22. The molecule has 0 fully saturated rings. The van der Waals surface area contributed by atoms with Crippen molar-refractivity contribution in [3.05, 3.63) is 47.5 Å². The third kappa shape index (κ3) is 12.2. The fraction of sp³-hybridized carbons (Fsp3) is 0.474. The van der Waals surface area contributed by atoms with E-state index in [-0.39, 0.29) is 11.9 Å². The van der Waals surface area contributed by atoms with Gasteiger partial charge in [-0.3, -0.25) is 4.79 Å². The van der Waals surface area contributed by atoms with Crippen LogP contribution in [0.1, 0.15) is 52.0 Å². The topological polar surface area (TPSA) is 52.6 Å². The van der Waals surface area contributed by atoms with E-state index in [2.05, 4.69) is 18.6 Å². The zero-order chi connectivity index (χ0) is 17.5. The molecule has 4 nitrogen and oxygen atoms in total. The highest BCUT2D eigenvalue weighted by Crippen LogP contribution is 2.11. The molecule has 0 aliphatic heterocycles. The fourth-order valence-corrected chi connectivity index (χ4v) is 1.90. The minimum atomic E-state index is -0.242. The maximum Gasteiger partial charge on any atom is 0.330 e. The molecule has 0 N–H and O–H groups in total. The standard InChI is InChI=1S/C10H18O2.C9H10O2/c1-4-6-9(7-5-2)8-10(11)12-3;1-8(10)11-7-9-5-3-2-4-6-9/h8H,4-7H2,1-3H3;2-6H,7H2,1H3. The van der Waals surface area contributed by atoms with Crippen LogP contribution >= 0.6 is 0 Å². The molecule has 1 rings (SSSR count). The van der Waals surface area contributed by atoms with Gasteiger partial charge >= 0.3 is 11.9 Å². The number of carbonyl (C=O) groups is 2. The Hall–Kier alpha value is -2.10. The minimum absolute atomic E-state index is 0.230. The Bertz CT molecular complexity index is 469. The molecule has 0 amide bonds. The summed E-state index contributed by atoms with van der Waals surface area (Å²) in [5.41, 5.74) is 2.22. The van der Waals surface area contributed by atoms with Crippen LogP contribution in [0.25, 0.3) is 0 Å². The van der Waals surface area contributed by atoms with Crippen LogP contribution in [0.5, 0.6) is 0 Å². The third-order valence-electron chi connectivity index (χ3n) is 2.95. The van der Waals surface area contributed by atoms with E-state index < -0.39 is 0 Å². The summed E-state index contributed by atoms with van der Waals surface area (Å²) in [6.45, 7) is 6.00. The molecule has 0 atom stereocenters. The van der Waals surface area contributed by atoms with Crippen molar-refractivity contribution in [2.24, 2.45) is 0 Å². The summed E-state index contributed by atoms with van der Waals surface area (Å²) in [5, 5.41) is 0. The van der Waals surface area contributed by atoms with Crippen molar-refractivity contribution in [3.8, 4) is 0 Å². The van der Waals surface area contributed by atoms with Gasteiger partial charge in [-0.25, -0.2) is 4.79 Å². The molecule has 0 aromatic heterocycles. The molecule has 0 heterocycles. The van der Waals surface area contributed by atoms with Gasteiger partial charge in [0.25, 0.3) is 0 Å². The van der Waals surface area contributed by atoms with Gasteiger partial charge in [-0.2, -0.15) is 0 Å². The molecule has 0 aliphatic carbocycles. The molecule has 0 saturated heterocycles. The van der Waals surface area contributed by atoms with E-state index in [1.165, 1.54) is 19.6 Å². The summed E-state index contributed by atoms with van der Waals surface area (Å²) < 4.78 is 9.35. The second-order valence-corrected chi connectivity index (χ2v) is 5.09.